The molecule has 34 heavy (non-hydrogen) atoms. The Hall–Kier alpha value is -3.59. The molecule has 0 unspecified atom stereocenters. The van der Waals surface area contributed by atoms with Gasteiger partial charge in [0.1, 0.15) is 11.4 Å². The standard InChI is InChI=1S/C25H25FN4O4/c1-2-3-4-13-5-8-15(9-6-13)30-22(32)20-18(12-19(27)31)29-25(21(20)23(30)33)16-11-14(26)7-10-17(16)28-24(25)34/h5-11,18,20-21,29H,2-4,12H2,1H3,(H2,27,31)(H,28,34)/t18-,20-,21-,25-/m0/s1. The quantitative estimate of drug-likeness (QED) is 0.565. The Morgan fingerprint density at radius 2 is 1.85 bits per heavy atom. The van der Waals surface area contributed by atoms with E-state index in [-0.39, 0.29) is 12.0 Å². The Morgan fingerprint density at radius 3 is 2.53 bits per heavy atom. The van der Waals surface area contributed by atoms with Crippen molar-refractivity contribution in [1.29, 1.82) is 0 Å². The second-order valence-corrected chi connectivity index (χ2v) is 9.16. The molecule has 5 rings (SSSR count). The average Bonchev–Trinajstić information content (AvgIpc) is 3.37. The van der Waals surface area contributed by atoms with Gasteiger partial charge in [0, 0.05) is 23.7 Å². The summed E-state index contributed by atoms with van der Waals surface area (Å²) in [7, 11) is 0. The molecular formula is C25H25FN4O4. The molecule has 8 nitrogen and oxygen atoms in total. The molecule has 0 saturated carbocycles. The first kappa shape index (κ1) is 22.2. The van der Waals surface area contributed by atoms with Crippen molar-refractivity contribution in [3.63, 3.8) is 0 Å². The van der Waals surface area contributed by atoms with Gasteiger partial charge in [-0.1, -0.05) is 25.5 Å². The van der Waals surface area contributed by atoms with E-state index in [0.29, 0.717) is 11.4 Å². The Balaban J connectivity index is 1.59. The molecule has 4 atom stereocenters. The van der Waals surface area contributed by atoms with Gasteiger partial charge in [-0.05, 0) is 48.7 Å². The van der Waals surface area contributed by atoms with Crippen LogP contribution in [0, 0.1) is 17.7 Å². The Kier molecular flexibility index (Phi) is 5.24. The van der Waals surface area contributed by atoms with Gasteiger partial charge < -0.3 is 11.1 Å². The SMILES string of the molecule is CCCCc1ccc(N2C(=O)[C@H]3[C@H](CC(N)=O)N[C@]4(C(=O)Nc5ccc(F)cc54)[C@@H]3C2=O)cc1. The van der Waals surface area contributed by atoms with E-state index < -0.39 is 52.9 Å². The lowest BCUT2D eigenvalue weighted by atomic mass is 9.76. The molecule has 0 bridgehead atoms. The first-order valence-electron chi connectivity index (χ1n) is 11.4. The number of halogens is 1. The Labute approximate surface area is 195 Å². The molecule has 4 N–H and O–H groups in total. The number of hydrogen-bond acceptors (Lipinski definition) is 5. The maximum absolute atomic E-state index is 14.2. The highest BCUT2D eigenvalue weighted by Crippen LogP contribution is 2.54. The van der Waals surface area contributed by atoms with Gasteiger partial charge in [0.25, 0.3) is 0 Å². The van der Waals surface area contributed by atoms with Crippen molar-refractivity contribution in [2.24, 2.45) is 17.6 Å². The molecule has 176 valence electrons. The van der Waals surface area contributed by atoms with Crippen molar-refractivity contribution in [3.8, 4) is 0 Å². The molecule has 4 amide bonds. The van der Waals surface area contributed by atoms with E-state index in [1.54, 1.807) is 12.1 Å². The van der Waals surface area contributed by atoms with Gasteiger partial charge in [-0.25, -0.2) is 9.29 Å². The fourth-order valence-electron chi connectivity index (χ4n) is 5.61. The molecule has 1 spiro atoms. The molecule has 3 heterocycles. The smallest absolute Gasteiger partial charge is 0.250 e. The second-order valence-electron chi connectivity index (χ2n) is 9.16. The van der Waals surface area contributed by atoms with Crippen molar-refractivity contribution in [3.05, 3.63) is 59.4 Å². The molecule has 3 aliphatic heterocycles. The van der Waals surface area contributed by atoms with Crippen LogP contribution in [-0.2, 0) is 31.1 Å². The third kappa shape index (κ3) is 3.14. The van der Waals surface area contributed by atoms with Crippen molar-refractivity contribution in [2.45, 2.75) is 44.2 Å². The predicted molar refractivity (Wildman–Crippen MR) is 122 cm³/mol. The highest BCUT2D eigenvalue weighted by molar-refractivity contribution is 6.25. The summed E-state index contributed by atoms with van der Waals surface area (Å²) in [6, 6.07) is 10.1. The van der Waals surface area contributed by atoms with Crippen LogP contribution in [0.25, 0.3) is 0 Å². The number of anilines is 2. The molecular weight excluding hydrogens is 439 g/mol. The lowest BCUT2D eigenvalue weighted by molar-refractivity contribution is -0.130. The number of amides is 4. The maximum atomic E-state index is 14.2. The summed E-state index contributed by atoms with van der Waals surface area (Å²) in [5, 5.41) is 5.74. The van der Waals surface area contributed by atoms with Crippen molar-refractivity contribution >= 4 is 35.0 Å². The second kappa shape index (κ2) is 8.02. The summed E-state index contributed by atoms with van der Waals surface area (Å²) in [6.07, 6.45) is 2.72. The summed E-state index contributed by atoms with van der Waals surface area (Å²) < 4.78 is 14.2. The number of primary amides is 1. The zero-order chi connectivity index (χ0) is 24.2. The molecule has 2 fully saturated rings. The van der Waals surface area contributed by atoms with Gasteiger partial charge in [0.15, 0.2) is 0 Å². The molecule has 3 aliphatic rings. The van der Waals surface area contributed by atoms with Crippen molar-refractivity contribution in [2.75, 3.05) is 10.2 Å². The summed E-state index contributed by atoms with van der Waals surface area (Å²) in [5.41, 5.74) is 5.85. The number of carbonyl (C=O) groups excluding carboxylic acids is 4. The number of nitrogens with two attached hydrogens (primary N) is 1. The third-order valence-corrected chi connectivity index (χ3v) is 7.11. The van der Waals surface area contributed by atoms with E-state index in [1.165, 1.54) is 18.2 Å². The van der Waals surface area contributed by atoms with Crippen LogP contribution < -0.4 is 21.3 Å². The number of fused-ring (bicyclic) bond motifs is 4. The highest BCUT2D eigenvalue weighted by Gasteiger charge is 2.70. The van der Waals surface area contributed by atoms with Crippen molar-refractivity contribution < 1.29 is 23.6 Å². The van der Waals surface area contributed by atoms with Gasteiger partial charge >= 0.3 is 0 Å². The molecule has 2 aromatic carbocycles. The number of imide groups is 1. The summed E-state index contributed by atoms with van der Waals surface area (Å²) in [5.74, 6) is -5.04. The van der Waals surface area contributed by atoms with Crippen LogP contribution in [0.1, 0.15) is 37.3 Å². The number of hydrogen-bond donors (Lipinski definition) is 3. The van der Waals surface area contributed by atoms with E-state index in [2.05, 4.69) is 17.6 Å². The largest absolute Gasteiger partial charge is 0.370 e. The zero-order valence-corrected chi connectivity index (χ0v) is 18.6. The summed E-state index contributed by atoms with van der Waals surface area (Å²) in [6.45, 7) is 2.10. The zero-order valence-electron chi connectivity index (χ0n) is 18.6. The Bertz CT molecular complexity index is 1210. The minimum absolute atomic E-state index is 0.246. The minimum Gasteiger partial charge on any atom is -0.370 e. The van der Waals surface area contributed by atoms with E-state index in [0.717, 1.165) is 29.7 Å². The van der Waals surface area contributed by atoms with Gasteiger partial charge in [-0.2, -0.15) is 0 Å². The van der Waals surface area contributed by atoms with E-state index in [4.69, 9.17) is 5.73 Å². The van der Waals surface area contributed by atoms with E-state index in [1.807, 2.05) is 12.1 Å². The number of carbonyl (C=O) groups is 4. The average molecular weight is 464 g/mol. The molecule has 2 saturated heterocycles. The Morgan fingerprint density at radius 1 is 1.12 bits per heavy atom. The number of benzene rings is 2. The number of nitrogens with one attached hydrogen (secondary N) is 2. The van der Waals surface area contributed by atoms with Gasteiger partial charge in [-0.3, -0.25) is 24.5 Å². The lowest BCUT2D eigenvalue weighted by Crippen LogP contribution is -2.53. The molecule has 0 radical (unpaired) electrons. The number of rotatable bonds is 6. The highest BCUT2D eigenvalue weighted by atomic mass is 19.1. The van der Waals surface area contributed by atoms with Gasteiger partial charge in [-0.15, -0.1) is 0 Å². The first-order chi connectivity index (χ1) is 16.3. The van der Waals surface area contributed by atoms with E-state index in [9.17, 15) is 23.6 Å². The van der Waals surface area contributed by atoms with Crippen LogP contribution in [0.3, 0.4) is 0 Å². The topological polar surface area (TPSA) is 122 Å². The minimum atomic E-state index is -1.68. The number of unbranched alkanes of at least 4 members (excludes halogenated alkanes) is 1. The maximum Gasteiger partial charge on any atom is 0.250 e. The van der Waals surface area contributed by atoms with Gasteiger partial charge in [0.2, 0.25) is 23.6 Å². The monoisotopic (exact) mass is 464 g/mol. The molecule has 9 heteroatoms. The third-order valence-electron chi connectivity index (χ3n) is 7.11. The summed E-state index contributed by atoms with van der Waals surface area (Å²) in [4.78, 5) is 53.5. The van der Waals surface area contributed by atoms with Crippen molar-refractivity contribution in [1.82, 2.24) is 5.32 Å². The summed E-state index contributed by atoms with van der Waals surface area (Å²) >= 11 is 0. The first-order valence-corrected chi connectivity index (χ1v) is 11.4. The molecule has 0 aliphatic carbocycles. The number of nitrogens with zero attached hydrogens (tertiary/aromatic N) is 1. The van der Waals surface area contributed by atoms with Crippen LogP contribution in [0.15, 0.2) is 42.5 Å². The number of aryl methyl sites for hydroxylation is 1. The normalized spacial score (nSPS) is 27.3. The van der Waals surface area contributed by atoms with Crippen LogP contribution in [-0.4, -0.2) is 29.7 Å². The van der Waals surface area contributed by atoms with Crippen LogP contribution >= 0.6 is 0 Å². The van der Waals surface area contributed by atoms with Crippen LogP contribution in [0.5, 0.6) is 0 Å². The predicted octanol–water partition coefficient (Wildman–Crippen LogP) is 1.97. The van der Waals surface area contributed by atoms with E-state index >= 15 is 0 Å². The van der Waals surface area contributed by atoms with Gasteiger partial charge in [0.05, 0.1) is 17.5 Å². The molecule has 2 aromatic rings. The molecule has 0 aromatic heterocycles. The fourth-order valence-corrected chi connectivity index (χ4v) is 5.61. The lowest BCUT2D eigenvalue weighted by Gasteiger charge is -2.29. The van der Waals surface area contributed by atoms with Crippen LogP contribution in [0.2, 0.25) is 0 Å². The fraction of sp³-hybridized carbons (Fsp3) is 0.360. The van der Waals surface area contributed by atoms with Crippen LogP contribution in [0.4, 0.5) is 15.8 Å².